The van der Waals surface area contributed by atoms with Crippen molar-refractivity contribution in [3.8, 4) is 0 Å². The van der Waals surface area contributed by atoms with E-state index in [1.54, 1.807) is 0 Å². The molecule has 0 aromatic carbocycles. The molecule has 2 saturated heterocycles. The van der Waals surface area contributed by atoms with Crippen molar-refractivity contribution in [2.45, 2.75) is 71.1 Å². The summed E-state index contributed by atoms with van der Waals surface area (Å²) in [6, 6.07) is 0. The molecule has 2 aliphatic rings. The van der Waals surface area contributed by atoms with E-state index in [1.165, 1.54) is 0 Å². The summed E-state index contributed by atoms with van der Waals surface area (Å²) in [5.41, 5.74) is 0.250. The van der Waals surface area contributed by atoms with Crippen molar-refractivity contribution in [3.63, 3.8) is 0 Å². The molecule has 0 bridgehead atoms. The van der Waals surface area contributed by atoms with Gasteiger partial charge in [0.1, 0.15) is 0 Å². The third-order valence-electron chi connectivity index (χ3n) is 5.01. The van der Waals surface area contributed by atoms with Crippen LogP contribution in [0.1, 0.15) is 53.9 Å². The minimum absolute atomic E-state index is 0.114. The van der Waals surface area contributed by atoms with Crippen molar-refractivity contribution in [2.75, 3.05) is 13.2 Å². The second kappa shape index (κ2) is 5.95. The van der Waals surface area contributed by atoms with E-state index < -0.39 is 8.60 Å². The van der Waals surface area contributed by atoms with Gasteiger partial charge in [-0.05, 0) is 33.1 Å². The smallest absolute Gasteiger partial charge is 0.310 e. The van der Waals surface area contributed by atoms with Gasteiger partial charge in [-0.15, -0.1) is 0 Å². The molecule has 0 amide bonds. The van der Waals surface area contributed by atoms with Crippen molar-refractivity contribution in [1.82, 2.24) is 5.32 Å². The van der Waals surface area contributed by atoms with Crippen molar-refractivity contribution < 1.29 is 13.6 Å². The monoisotopic (exact) mass is 289 g/mol. The molecular formula is C14H28NO3P. The average Bonchev–Trinajstić information content (AvgIpc) is 2.88. The van der Waals surface area contributed by atoms with Gasteiger partial charge < -0.3 is 18.9 Å². The Labute approximate surface area is 118 Å². The summed E-state index contributed by atoms with van der Waals surface area (Å²) < 4.78 is 17.2. The Bertz CT molecular complexity index is 311. The zero-order chi connectivity index (χ0) is 14.1. The quantitative estimate of drug-likeness (QED) is 0.803. The predicted molar refractivity (Wildman–Crippen MR) is 78.0 cm³/mol. The van der Waals surface area contributed by atoms with E-state index in [0.717, 1.165) is 19.3 Å². The van der Waals surface area contributed by atoms with Crippen LogP contribution in [0.25, 0.3) is 0 Å². The maximum atomic E-state index is 6.14. The fourth-order valence-corrected chi connectivity index (χ4v) is 4.21. The van der Waals surface area contributed by atoms with Gasteiger partial charge in [0, 0.05) is 17.0 Å². The molecule has 0 aromatic heterocycles. The van der Waals surface area contributed by atoms with E-state index in [4.69, 9.17) is 13.6 Å². The Hall–Kier alpha value is 0.270. The first-order valence-corrected chi connectivity index (χ1v) is 8.54. The van der Waals surface area contributed by atoms with Crippen LogP contribution >= 0.6 is 8.60 Å². The Kier molecular flexibility index (Phi) is 4.90. The van der Waals surface area contributed by atoms with Gasteiger partial charge in [-0.1, -0.05) is 20.8 Å². The van der Waals surface area contributed by atoms with E-state index >= 15 is 0 Å². The van der Waals surface area contributed by atoms with Crippen LogP contribution in [0.3, 0.4) is 0 Å². The van der Waals surface area contributed by atoms with Gasteiger partial charge in [-0.2, -0.15) is 0 Å². The van der Waals surface area contributed by atoms with E-state index in [-0.39, 0.29) is 17.2 Å². The normalized spacial score (nSPS) is 44.7. The van der Waals surface area contributed by atoms with Crippen molar-refractivity contribution in [1.29, 1.82) is 0 Å². The molecule has 2 fully saturated rings. The van der Waals surface area contributed by atoms with Crippen LogP contribution in [-0.2, 0) is 13.6 Å². The lowest BCUT2D eigenvalue weighted by atomic mass is 9.70. The van der Waals surface area contributed by atoms with Gasteiger partial charge in [-0.25, -0.2) is 0 Å². The molecule has 1 N–H and O–H groups in total. The van der Waals surface area contributed by atoms with E-state index in [2.05, 4.69) is 39.9 Å². The first kappa shape index (κ1) is 15.7. The summed E-state index contributed by atoms with van der Waals surface area (Å²) in [7, 11) is -1.12. The Morgan fingerprint density at radius 1 is 1.21 bits per heavy atom. The zero-order valence-corrected chi connectivity index (χ0v) is 13.8. The molecule has 2 aliphatic heterocycles. The first-order valence-electron chi connectivity index (χ1n) is 7.44. The van der Waals surface area contributed by atoms with Gasteiger partial charge in [0.15, 0.2) is 0 Å². The standard InChI is InChI=1S/C14H28NO3P/c1-6-13(4)10-12(18-19-16-8-9-17-19)11(3)14(5,7-2)15-13/h11-12,15H,6-10H2,1-5H3. The molecule has 4 atom stereocenters. The summed E-state index contributed by atoms with van der Waals surface area (Å²) >= 11 is 0. The van der Waals surface area contributed by atoms with E-state index in [0.29, 0.717) is 19.1 Å². The van der Waals surface area contributed by atoms with Gasteiger partial charge in [0.05, 0.1) is 19.3 Å². The topological polar surface area (TPSA) is 39.7 Å². The molecule has 0 aromatic rings. The van der Waals surface area contributed by atoms with Crippen LogP contribution in [0, 0.1) is 5.92 Å². The third kappa shape index (κ3) is 3.30. The molecule has 19 heavy (non-hydrogen) atoms. The van der Waals surface area contributed by atoms with Crippen molar-refractivity contribution >= 4 is 8.60 Å². The van der Waals surface area contributed by atoms with Crippen molar-refractivity contribution in [2.24, 2.45) is 5.92 Å². The number of hydrogen-bond donors (Lipinski definition) is 1. The molecule has 2 heterocycles. The Morgan fingerprint density at radius 2 is 1.84 bits per heavy atom. The maximum Gasteiger partial charge on any atom is 0.333 e. The summed E-state index contributed by atoms with van der Waals surface area (Å²) in [6.07, 6.45) is 3.43. The fraction of sp³-hybridized carbons (Fsp3) is 1.00. The van der Waals surface area contributed by atoms with Gasteiger partial charge in [0.2, 0.25) is 0 Å². The van der Waals surface area contributed by atoms with Crippen LogP contribution in [-0.4, -0.2) is 30.4 Å². The number of rotatable bonds is 4. The highest BCUT2D eigenvalue weighted by atomic mass is 31.2. The summed E-state index contributed by atoms with van der Waals surface area (Å²) in [6.45, 7) is 12.7. The highest BCUT2D eigenvalue weighted by molar-refractivity contribution is 7.41. The third-order valence-corrected chi connectivity index (χ3v) is 6.24. The molecule has 5 heteroatoms. The second-order valence-electron chi connectivity index (χ2n) is 6.34. The van der Waals surface area contributed by atoms with Crippen LogP contribution < -0.4 is 5.32 Å². The van der Waals surface area contributed by atoms with Crippen molar-refractivity contribution in [3.05, 3.63) is 0 Å². The van der Waals surface area contributed by atoms with Crippen LogP contribution in [0.4, 0.5) is 0 Å². The highest BCUT2D eigenvalue weighted by Gasteiger charge is 2.48. The Balaban J connectivity index is 2.10. The first-order chi connectivity index (χ1) is 8.92. The van der Waals surface area contributed by atoms with E-state index in [1.807, 2.05) is 0 Å². The molecule has 112 valence electrons. The molecule has 0 saturated carbocycles. The number of hydrogen-bond acceptors (Lipinski definition) is 4. The molecule has 0 spiro atoms. The molecule has 0 radical (unpaired) electrons. The minimum Gasteiger partial charge on any atom is -0.310 e. The molecular weight excluding hydrogens is 261 g/mol. The molecule has 4 nitrogen and oxygen atoms in total. The lowest BCUT2D eigenvalue weighted by Crippen LogP contribution is -2.66. The van der Waals surface area contributed by atoms with E-state index in [9.17, 15) is 0 Å². The molecule has 0 aliphatic carbocycles. The predicted octanol–water partition coefficient (Wildman–Crippen LogP) is 3.61. The summed E-state index contributed by atoms with van der Waals surface area (Å²) in [5, 5.41) is 3.86. The SMILES string of the molecule is CCC1(C)CC(OP2OCCO2)C(C)C(C)(CC)N1. The minimum atomic E-state index is -1.12. The Morgan fingerprint density at radius 3 is 2.37 bits per heavy atom. The highest BCUT2D eigenvalue weighted by Crippen LogP contribution is 2.49. The van der Waals surface area contributed by atoms with Gasteiger partial charge >= 0.3 is 8.60 Å². The second-order valence-corrected chi connectivity index (χ2v) is 7.51. The lowest BCUT2D eigenvalue weighted by molar-refractivity contribution is -0.0187. The average molecular weight is 289 g/mol. The summed E-state index contributed by atoms with van der Waals surface area (Å²) in [5.74, 6) is 0.451. The van der Waals surface area contributed by atoms with Gasteiger partial charge in [-0.3, -0.25) is 0 Å². The van der Waals surface area contributed by atoms with Crippen LogP contribution in [0.5, 0.6) is 0 Å². The largest absolute Gasteiger partial charge is 0.333 e. The number of piperidine rings is 1. The molecule has 2 rings (SSSR count). The maximum absolute atomic E-state index is 6.14. The number of nitrogens with one attached hydrogen (secondary N) is 1. The van der Waals surface area contributed by atoms with Gasteiger partial charge in [0.25, 0.3) is 0 Å². The fourth-order valence-electron chi connectivity index (χ4n) is 3.09. The molecule has 4 unspecified atom stereocenters. The lowest BCUT2D eigenvalue weighted by Gasteiger charge is -2.53. The van der Waals surface area contributed by atoms with Crippen LogP contribution in [0.15, 0.2) is 0 Å². The zero-order valence-electron chi connectivity index (χ0n) is 12.9. The summed E-state index contributed by atoms with van der Waals surface area (Å²) in [4.78, 5) is 0. The van der Waals surface area contributed by atoms with Crippen LogP contribution in [0.2, 0.25) is 0 Å².